The van der Waals surface area contributed by atoms with Crippen molar-refractivity contribution in [3.05, 3.63) is 46.3 Å². The monoisotopic (exact) mass is 357 g/mol. The van der Waals surface area contributed by atoms with Gasteiger partial charge in [-0.05, 0) is 40.4 Å². The predicted octanol–water partition coefficient (Wildman–Crippen LogP) is 3.25. The Morgan fingerprint density at radius 1 is 1.23 bits per heavy atom. The number of fused-ring (bicyclic) bond motifs is 2. The van der Waals surface area contributed by atoms with E-state index in [0.717, 1.165) is 34.4 Å². The SMILES string of the molecule is CC1c2ccccc2CCN1c1ncnc2c1c(Br)nn2C. The Bertz CT molecular complexity index is 857. The van der Waals surface area contributed by atoms with Crippen LogP contribution in [-0.2, 0) is 13.5 Å². The van der Waals surface area contributed by atoms with Gasteiger partial charge in [0.1, 0.15) is 16.7 Å². The molecule has 0 bridgehead atoms. The van der Waals surface area contributed by atoms with Crippen LogP contribution < -0.4 is 4.90 Å². The topological polar surface area (TPSA) is 46.8 Å². The van der Waals surface area contributed by atoms with Gasteiger partial charge in [0.05, 0.1) is 11.4 Å². The minimum atomic E-state index is 0.287. The third kappa shape index (κ3) is 1.94. The van der Waals surface area contributed by atoms with E-state index in [2.05, 4.69) is 67.1 Å². The highest BCUT2D eigenvalue weighted by Crippen LogP contribution is 2.37. The van der Waals surface area contributed by atoms with E-state index in [9.17, 15) is 0 Å². The van der Waals surface area contributed by atoms with E-state index in [1.165, 1.54) is 11.1 Å². The summed E-state index contributed by atoms with van der Waals surface area (Å²) in [5.41, 5.74) is 3.66. The fourth-order valence-electron chi connectivity index (χ4n) is 3.31. The summed E-state index contributed by atoms with van der Waals surface area (Å²) in [6.45, 7) is 3.18. The molecule has 5 nitrogen and oxygen atoms in total. The first-order valence-electron chi connectivity index (χ1n) is 7.34. The van der Waals surface area contributed by atoms with E-state index >= 15 is 0 Å². The molecular formula is C16H16BrN5. The van der Waals surface area contributed by atoms with Crippen molar-refractivity contribution < 1.29 is 0 Å². The molecule has 1 aromatic carbocycles. The molecular weight excluding hydrogens is 342 g/mol. The van der Waals surface area contributed by atoms with E-state index in [1.54, 1.807) is 11.0 Å². The minimum Gasteiger partial charge on any atom is -0.349 e. The van der Waals surface area contributed by atoms with E-state index < -0.39 is 0 Å². The zero-order valence-electron chi connectivity index (χ0n) is 12.5. The van der Waals surface area contributed by atoms with Crippen LogP contribution in [0.5, 0.6) is 0 Å². The fourth-order valence-corrected chi connectivity index (χ4v) is 3.90. The number of nitrogens with zero attached hydrogens (tertiary/aromatic N) is 5. The Hall–Kier alpha value is -1.95. The average Bonchev–Trinajstić information content (AvgIpc) is 2.83. The summed E-state index contributed by atoms with van der Waals surface area (Å²) in [5.74, 6) is 0.951. The highest BCUT2D eigenvalue weighted by atomic mass is 79.9. The molecule has 4 rings (SSSR count). The number of aromatic nitrogens is 4. The Balaban J connectivity index is 1.87. The number of hydrogen-bond acceptors (Lipinski definition) is 4. The first-order chi connectivity index (χ1) is 10.7. The number of halogens is 1. The third-order valence-electron chi connectivity index (χ3n) is 4.42. The lowest BCUT2D eigenvalue weighted by atomic mass is 9.93. The number of benzene rings is 1. The van der Waals surface area contributed by atoms with Crippen molar-refractivity contribution in [2.45, 2.75) is 19.4 Å². The first kappa shape index (κ1) is 13.7. The highest BCUT2D eigenvalue weighted by Gasteiger charge is 2.27. The van der Waals surface area contributed by atoms with Crippen LogP contribution in [0, 0.1) is 0 Å². The van der Waals surface area contributed by atoms with Gasteiger partial charge in [0.15, 0.2) is 5.65 Å². The van der Waals surface area contributed by atoms with E-state index in [4.69, 9.17) is 0 Å². The number of hydrogen-bond donors (Lipinski definition) is 0. The zero-order valence-corrected chi connectivity index (χ0v) is 14.1. The van der Waals surface area contributed by atoms with Gasteiger partial charge in [-0.25, -0.2) is 14.6 Å². The van der Waals surface area contributed by atoms with Crippen molar-refractivity contribution in [1.82, 2.24) is 19.7 Å². The largest absolute Gasteiger partial charge is 0.349 e. The number of aryl methyl sites for hydroxylation is 1. The summed E-state index contributed by atoms with van der Waals surface area (Å²) in [6.07, 6.45) is 2.66. The van der Waals surface area contributed by atoms with Crippen LogP contribution in [0.1, 0.15) is 24.1 Å². The Morgan fingerprint density at radius 2 is 2.05 bits per heavy atom. The van der Waals surface area contributed by atoms with Gasteiger partial charge in [0, 0.05) is 13.6 Å². The second-order valence-electron chi connectivity index (χ2n) is 5.63. The van der Waals surface area contributed by atoms with Crippen LogP contribution in [0.15, 0.2) is 35.2 Å². The van der Waals surface area contributed by atoms with E-state index in [-0.39, 0.29) is 6.04 Å². The number of rotatable bonds is 1. The molecule has 0 spiro atoms. The van der Waals surface area contributed by atoms with Crippen LogP contribution in [0.25, 0.3) is 11.0 Å². The Labute approximate surface area is 137 Å². The van der Waals surface area contributed by atoms with Gasteiger partial charge in [-0.3, -0.25) is 0 Å². The summed E-state index contributed by atoms with van der Waals surface area (Å²) in [4.78, 5) is 11.3. The quantitative estimate of drug-likeness (QED) is 0.670. The van der Waals surface area contributed by atoms with Crippen LogP contribution in [0.4, 0.5) is 5.82 Å². The Kier molecular flexibility index (Phi) is 3.14. The molecule has 2 aromatic heterocycles. The van der Waals surface area contributed by atoms with Crippen LogP contribution in [-0.4, -0.2) is 26.3 Å². The molecule has 0 radical (unpaired) electrons. The van der Waals surface area contributed by atoms with E-state index in [0.29, 0.717) is 0 Å². The molecule has 1 atom stereocenters. The zero-order chi connectivity index (χ0) is 15.3. The normalized spacial score (nSPS) is 17.8. The summed E-state index contributed by atoms with van der Waals surface area (Å²) in [7, 11) is 1.90. The fraction of sp³-hybridized carbons (Fsp3) is 0.312. The molecule has 1 unspecified atom stereocenters. The molecule has 1 aliphatic heterocycles. The van der Waals surface area contributed by atoms with Crippen molar-refractivity contribution in [1.29, 1.82) is 0 Å². The highest BCUT2D eigenvalue weighted by molar-refractivity contribution is 9.10. The molecule has 3 aromatic rings. The van der Waals surface area contributed by atoms with Gasteiger partial charge in [-0.15, -0.1) is 0 Å². The van der Waals surface area contributed by atoms with Gasteiger partial charge in [-0.2, -0.15) is 5.10 Å². The lowest BCUT2D eigenvalue weighted by molar-refractivity contribution is 0.619. The van der Waals surface area contributed by atoms with Gasteiger partial charge in [-0.1, -0.05) is 24.3 Å². The number of anilines is 1. The molecule has 112 valence electrons. The van der Waals surface area contributed by atoms with Gasteiger partial charge >= 0.3 is 0 Å². The maximum atomic E-state index is 4.56. The molecule has 0 N–H and O–H groups in total. The molecule has 0 fully saturated rings. The summed E-state index contributed by atoms with van der Waals surface area (Å²) < 4.78 is 2.58. The van der Waals surface area contributed by atoms with E-state index in [1.807, 2.05) is 7.05 Å². The molecule has 6 heteroatoms. The molecule has 1 aliphatic rings. The molecule has 0 aliphatic carbocycles. The van der Waals surface area contributed by atoms with Gasteiger partial charge in [0.25, 0.3) is 0 Å². The molecule has 0 saturated carbocycles. The van der Waals surface area contributed by atoms with Crippen molar-refractivity contribution in [3.63, 3.8) is 0 Å². The van der Waals surface area contributed by atoms with Crippen molar-refractivity contribution in [3.8, 4) is 0 Å². The molecule has 3 heterocycles. The summed E-state index contributed by atoms with van der Waals surface area (Å²) in [5, 5.41) is 5.40. The van der Waals surface area contributed by atoms with Crippen LogP contribution in [0.3, 0.4) is 0 Å². The second-order valence-corrected chi connectivity index (χ2v) is 6.38. The van der Waals surface area contributed by atoms with Crippen LogP contribution in [0.2, 0.25) is 0 Å². The van der Waals surface area contributed by atoms with Crippen molar-refractivity contribution in [2.75, 3.05) is 11.4 Å². The lowest BCUT2D eigenvalue weighted by Crippen LogP contribution is -2.34. The average molecular weight is 358 g/mol. The maximum Gasteiger partial charge on any atom is 0.164 e. The smallest absolute Gasteiger partial charge is 0.164 e. The predicted molar refractivity (Wildman–Crippen MR) is 89.9 cm³/mol. The Morgan fingerprint density at radius 3 is 2.91 bits per heavy atom. The summed E-state index contributed by atoms with van der Waals surface area (Å²) >= 11 is 3.55. The standard InChI is InChI=1S/C16H16BrN5/c1-10-12-6-4-3-5-11(12)7-8-22(10)16-13-14(17)20-21(2)15(13)18-9-19-16/h3-6,9-10H,7-8H2,1-2H3. The van der Waals surface area contributed by atoms with Gasteiger partial charge < -0.3 is 4.90 Å². The lowest BCUT2D eigenvalue weighted by Gasteiger charge is -2.36. The van der Waals surface area contributed by atoms with Gasteiger partial charge in [0.2, 0.25) is 0 Å². The molecule has 22 heavy (non-hydrogen) atoms. The summed E-state index contributed by atoms with van der Waals surface area (Å²) in [6, 6.07) is 8.94. The molecule has 0 saturated heterocycles. The molecule has 0 amide bonds. The first-order valence-corrected chi connectivity index (χ1v) is 8.13. The minimum absolute atomic E-state index is 0.287. The third-order valence-corrected chi connectivity index (χ3v) is 4.98. The second kappa shape index (κ2) is 5.05. The van der Waals surface area contributed by atoms with Crippen molar-refractivity contribution >= 4 is 32.8 Å². The van der Waals surface area contributed by atoms with Crippen LogP contribution >= 0.6 is 15.9 Å². The maximum absolute atomic E-state index is 4.56. The van der Waals surface area contributed by atoms with Crippen molar-refractivity contribution in [2.24, 2.45) is 7.05 Å².